The van der Waals surface area contributed by atoms with Crippen LogP contribution in [0.5, 0.6) is 0 Å². The minimum Gasteiger partial charge on any atom is -0.303 e. The molecule has 0 N–H and O–H groups in total. The second kappa shape index (κ2) is 4.13. The third-order valence-electron chi connectivity index (χ3n) is 0.948. The number of nitrogens with zero attached hydrogens (tertiary/aromatic N) is 2. The highest BCUT2D eigenvalue weighted by Gasteiger charge is 1.78. The Hall–Kier alpha value is -0.790. The first-order valence-corrected chi connectivity index (χ1v) is 3.01. The van der Waals surface area contributed by atoms with Crippen molar-refractivity contribution in [3.8, 4) is 0 Å². The number of hydrazone groups is 1. The molecule has 0 amide bonds. The lowest BCUT2D eigenvalue weighted by molar-refractivity contribution is 0.440. The maximum absolute atomic E-state index is 4.04. The van der Waals surface area contributed by atoms with Gasteiger partial charge in [-0.15, -0.1) is 0 Å². The lowest BCUT2D eigenvalue weighted by Crippen LogP contribution is -2.01. The van der Waals surface area contributed by atoms with Crippen LogP contribution in [0.2, 0.25) is 0 Å². The van der Waals surface area contributed by atoms with Gasteiger partial charge in [0.1, 0.15) is 0 Å². The molecule has 0 aliphatic carbocycles. The summed E-state index contributed by atoms with van der Waals surface area (Å²) in [5.41, 5.74) is 1.18. The van der Waals surface area contributed by atoms with Crippen LogP contribution in [-0.4, -0.2) is 25.3 Å². The smallest absolute Gasteiger partial charge is 0.0496 e. The summed E-state index contributed by atoms with van der Waals surface area (Å²) < 4.78 is 0. The van der Waals surface area contributed by atoms with E-state index in [1.54, 1.807) is 5.01 Å². The van der Waals surface area contributed by atoms with Gasteiger partial charge in [-0.05, 0) is 19.4 Å². The minimum absolute atomic E-state index is 1.18. The highest BCUT2D eigenvalue weighted by molar-refractivity contribution is 5.77. The van der Waals surface area contributed by atoms with Gasteiger partial charge in [-0.25, -0.2) is 0 Å². The van der Waals surface area contributed by atoms with Crippen molar-refractivity contribution in [1.29, 1.82) is 0 Å². The molecule has 0 radical (unpaired) electrons. The lowest BCUT2D eigenvalue weighted by atomic mass is 10.3. The normalized spacial score (nSPS) is 12.7. The number of hydrogen-bond acceptors (Lipinski definition) is 2. The molecule has 0 aliphatic heterocycles. The Bertz CT molecular complexity index is 123. The molecular weight excluding hydrogens is 112 g/mol. The summed E-state index contributed by atoms with van der Waals surface area (Å²) in [6.45, 7) is 4.02. The molecule has 0 saturated carbocycles. The fourth-order valence-corrected chi connectivity index (χ4v) is 0.281. The van der Waals surface area contributed by atoms with E-state index in [2.05, 4.69) is 5.10 Å². The SMILES string of the molecule is C/C=C(C)\C=N\N(C)C. The van der Waals surface area contributed by atoms with Crippen LogP contribution < -0.4 is 0 Å². The van der Waals surface area contributed by atoms with E-state index in [-0.39, 0.29) is 0 Å². The van der Waals surface area contributed by atoms with Crippen molar-refractivity contribution in [3.63, 3.8) is 0 Å². The van der Waals surface area contributed by atoms with Crippen molar-refractivity contribution in [1.82, 2.24) is 5.01 Å². The Balaban J connectivity index is 3.71. The van der Waals surface area contributed by atoms with E-state index in [1.165, 1.54) is 5.57 Å². The van der Waals surface area contributed by atoms with Crippen LogP contribution >= 0.6 is 0 Å². The zero-order valence-electron chi connectivity index (χ0n) is 6.55. The quantitative estimate of drug-likeness (QED) is 0.404. The van der Waals surface area contributed by atoms with Crippen molar-refractivity contribution >= 4 is 6.21 Å². The van der Waals surface area contributed by atoms with Crippen LogP contribution in [0.1, 0.15) is 13.8 Å². The molecule has 0 atom stereocenters. The van der Waals surface area contributed by atoms with E-state index >= 15 is 0 Å². The van der Waals surface area contributed by atoms with Crippen molar-refractivity contribution < 1.29 is 0 Å². The van der Waals surface area contributed by atoms with Crippen LogP contribution in [0.15, 0.2) is 16.8 Å². The third-order valence-corrected chi connectivity index (χ3v) is 0.948. The van der Waals surface area contributed by atoms with Gasteiger partial charge in [-0.2, -0.15) is 5.10 Å². The zero-order valence-corrected chi connectivity index (χ0v) is 6.55. The van der Waals surface area contributed by atoms with Crippen molar-refractivity contribution in [2.24, 2.45) is 5.10 Å². The summed E-state index contributed by atoms with van der Waals surface area (Å²) in [5.74, 6) is 0. The fraction of sp³-hybridized carbons (Fsp3) is 0.571. The minimum atomic E-state index is 1.18. The Morgan fingerprint density at radius 2 is 2.00 bits per heavy atom. The second-order valence-electron chi connectivity index (χ2n) is 2.12. The topological polar surface area (TPSA) is 15.6 Å². The molecule has 0 aromatic carbocycles. The van der Waals surface area contributed by atoms with Gasteiger partial charge in [0.2, 0.25) is 0 Å². The van der Waals surface area contributed by atoms with Crippen LogP contribution in [0.4, 0.5) is 0 Å². The maximum Gasteiger partial charge on any atom is 0.0496 e. The van der Waals surface area contributed by atoms with E-state index in [4.69, 9.17) is 0 Å². The average Bonchev–Trinajstić information content (AvgIpc) is 1.83. The standard InChI is InChI=1S/C7H14N2/c1-5-7(2)6-8-9(3)4/h5-6H,1-4H3/b7-5-,8-6+. The first-order chi connectivity index (χ1) is 4.16. The van der Waals surface area contributed by atoms with Crippen molar-refractivity contribution in [3.05, 3.63) is 11.6 Å². The Morgan fingerprint density at radius 3 is 2.33 bits per heavy atom. The van der Waals surface area contributed by atoms with Crippen LogP contribution in [0.25, 0.3) is 0 Å². The molecule has 0 unspecified atom stereocenters. The molecule has 0 fully saturated rings. The molecule has 0 bridgehead atoms. The largest absolute Gasteiger partial charge is 0.303 e. The van der Waals surface area contributed by atoms with Gasteiger partial charge in [0.25, 0.3) is 0 Å². The van der Waals surface area contributed by atoms with Gasteiger partial charge in [0.15, 0.2) is 0 Å². The lowest BCUT2D eigenvalue weighted by Gasteiger charge is -2.01. The van der Waals surface area contributed by atoms with Crippen molar-refractivity contribution in [2.75, 3.05) is 14.1 Å². The van der Waals surface area contributed by atoms with E-state index < -0.39 is 0 Å². The summed E-state index contributed by atoms with van der Waals surface area (Å²) in [6.07, 6.45) is 3.85. The van der Waals surface area contributed by atoms with Gasteiger partial charge in [-0.3, -0.25) is 0 Å². The Labute approximate surface area is 56.9 Å². The van der Waals surface area contributed by atoms with E-state index in [0.29, 0.717) is 0 Å². The van der Waals surface area contributed by atoms with Crippen LogP contribution in [0.3, 0.4) is 0 Å². The summed E-state index contributed by atoms with van der Waals surface area (Å²) in [6, 6.07) is 0. The van der Waals surface area contributed by atoms with Gasteiger partial charge < -0.3 is 5.01 Å². The summed E-state index contributed by atoms with van der Waals surface area (Å²) >= 11 is 0. The predicted molar refractivity (Wildman–Crippen MR) is 41.6 cm³/mol. The highest BCUT2D eigenvalue weighted by Crippen LogP contribution is 1.85. The second-order valence-corrected chi connectivity index (χ2v) is 2.12. The maximum atomic E-state index is 4.04. The molecule has 0 aliphatic rings. The molecular formula is C7H14N2. The monoisotopic (exact) mass is 126 g/mol. The molecule has 0 rings (SSSR count). The summed E-state index contributed by atoms with van der Waals surface area (Å²) in [4.78, 5) is 0. The molecule has 0 heterocycles. The Kier molecular flexibility index (Phi) is 3.76. The van der Waals surface area contributed by atoms with E-state index in [9.17, 15) is 0 Å². The average molecular weight is 126 g/mol. The first-order valence-electron chi connectivity index (χ1n) is 3.01. The fourth-order valence-electron chi connectivity index (χ4n) is 0.281. The van der Waals surface area contributed by atoms with Gasteiger partial charge in [0.05, 0.1) is 0 Å². The van der Waals surface area contributed by atoms with Gasteiger partial charge in [-0.1, -0.05) is 6.08 Å². The number of allylic oxidation sites excluding steroid dienone is 2. The molecule has 2 heteroatoms. The Morgan fingerprint density at radius 1 is 1.44 bits per heavy atom. The molecule has 0 aromatic rings. The van der Waals surface area contributed by atoms with E-state index in [1.807, 2.05) is 40.2 Å². The molecule has 9 heavy (non-hydrogen) atoms. The van der Waals surface area contributed by atoms with Crippen LogP contribution in [-0.2, 0) is 0 Å². The number of rotatable bonds is 2. The molecule has 52 valence electrons. The molecule has 0 aromatic heterocycles. The number of hydrogen-bond donors (Lipinski definition) is 0. The van der Waals surface area contributed by atoms with Gasteiger partial charge in [0, 0.05) is 20.3 Å². The first kappa shape index (κ1) is 8.21. The molecule has 0 spiro atoms. The summed E-state index contributed by atoms with van der Waals surface area (Å²) in [7, 11) is 3.80. The third kappa shape index (κ3) is 5.07. The summed E-state index contributed by atoms with van der Waals surface area (Å²) in [5, 5.41) is 5.81. The predicted octanol–water partition coefficient (Wildman–Crippen LogP) is 1.50. The van der Waals surface area contributed by atoms with E-state index in [0.717, 1.165) is 0 Å². The zero-order chi connectivity index (χ0) is 7.28. The highest BCUT2D eigenvalue weighted by atomic mass is 15.4. The molecule has 2 nitrogen and oxygen atoms in total. The van der Waals surface area contributed by atoms with Gasteiger partial charge >= 0.3 is 0 Å². The van der Waals surface area contributed by atoms with Crippen molar-refractivity contribution in [2.45, 2.75) is 13.8 Å². The van der Waals surface area contributed by atoms with Crippen LogP contribution in [0, 0.1) is 0 Å². The molecule has 0 saturated heterocycles.